The number of amides is 1. The van der Waals surface area contributed by atoms with Gasteiger partial charge < -0.3 is 15.7 Å². The largest absolute Gasteiger partial charge is 0.360 e. The van der Waals surface area contributed by atoms with Crippen molar-refractivity contribution in [3.63, 3.8) is 0 Å². The number of carbonyl (C=O) groups is 1. The summed E-state index contributed by atoms with van der Waals surface area (Å²) in [4.78, 5) is 12.2. The van der Waals surface area contributed by atoms with Crippen LogP contribution in [0.1, 0.15) is 12.7 Å². The zero-order valence-electron chi connectivity index (χ0n) is 13.4. The number of nitrogens with zero attached hydrogens (tertiary/aromatic N) is 4. The highest BCUT2D eigenvalue weighted by Gasteiger charge is 2.20. The van der Waals surface area contributed by atoms with Crippen LogP contribution in [-0.2, 0) is 4.79 Å². The number of benzene rings is 1. The molecule has 0 fully saturated rings. The maximum Gasteiger partial charge on any atom is 0.238 e. The summed E-state index contributed by atoms with van der Waals surface area (Å²) in [6.45, 7) is 3.49. The molecule has 3 N–H and O–H groups in total. The van der Waals surface area contributed by atoms with Gasteiger partial charge in [-0.05, 0) is 38.1 Å². The van der Waals surface area contributed by atoms with E-state index in [2.05, 4.69) is 20.7 Å². The van der Waals surface area contributed by atoms with Gasteiger partial charge in [-0.3, -0.25) is 4.79 Å². The molecule has 0 spiro atoms. The zero-order chi connectivity index (χ0) is 18.0. The van der Waals surface area contributed by atoms with E-state index in [1.54, 1.807) is 44.2 Å². The number of rotatable bonds is 5. The van der Waals surface area contributed by atoms with E-state index in [9.17, 15) is 4.79 Å². The van der Waals surface area contributed by atoms with Gasteiger partial charge in [0.1, 0.15) is 5.76 Å². The van der Waals surface area contributed by atoms with Gasteiger partial charge >= 0.3 is 0 Å². The molecule has 10 heteroatoms. The number of anilines is 1. The molecule has 0 saturated heterocycles. The Kier molecular flexibility index (Phi) is 4.95. The molecule has 1 aromatic carbocycles. The maximum atomic E-state index is 12.2. The number of aryl methyl sites for hydroxylation is 1. The molecule has 3 rings (SSSR count). The summed E-state index contributed by atoms with van der Waals surface area (Å²) in [6.07, 6.45) is 0. The minimum atomic E-state index is -0.457. The lowest BCUT2D eigenvalue weighted by Gasteiger charge is -2.09. The summed E-state index contributed by atoms with van der Waals surface area (Å²) >= 11 is 7.07. The van der Waals surface area contributed by atoms with Crippen LogP contribution in [0.5, 0.6) is 0 Å². The monoisotopic (exact) mass is 378 g/mol. The van der Waals surface area contributed by atoms with Crippen LogP contribution in [0, 0.1) is 6.92 Å². The second-order valence-corrected chi connectivity index (χ2v) is 7.00. The third-order valence-electron chi connectivity index (χ3n) is 3.30. The summed E-state index contributed by atoms with van der Waals surface area (Å²) in [5.41, 5.74) is 0.779. The van der Waals surface area contributed by atoms with Crippen LogP contribution in [0.2, 0.25) is 5.02 Å². The maximum absolute atomic E-state index is 12.2. The second-order valence-electron chi connectivity index (χ2n) is 5.26. The van der Waals surface area contributed by atoms with Gasteiger partial charge in [0.15, 0.2) is 11.6 Å². The van der Waals surface area contributed by atoms with E-state index in [0.717, 1.165) is 5.56 Å². The van der Waals surface area contributed by atoms with Gasteiger partial charge in [0.05, 0.1) is 5.25 Å². The molecule has 8 nitrogen and oxygen atoms in total. The lowest BCUT2D eigenvalue weighted by atomic mass is 10.2. The first-order chi connectivity index (χ1) is 11.9. The van der Waals surface area contributed by atoms with E-state index in [4.69, 9.17) is 22.0 Å². The first kappa shape index (κ1) is 17.3. The number of halogens is 1. The Bertz CT molecular complexity index is 892. The number of hydrogen-bond donors (Lipinski definition) is 2. The first-order valence-electron chi connectivity index (χ1n) is 7.31. The van der Waals surface area contributed by atoms with E-state index in [1.807, 2.05) is 0 Å². The Morgan fingerprint density at radius 1 is 1.36 bits per heavy atom. The van der Waals surface area contributed by atoms with E-state index >= 15 is 0 Å². The van der Waals surface area contributed by atoms with Crippen molar-refractivity contribution >= 4 is 35.1 Å². The standard InChI is InChI=1S/C15H15ClN6O2S/c1-8-7-12(21-24-8)18-14(23)9(2)25-15-20-19-13(22(15)17)10-3-5-11(16)6-4-10/h3-7,9H,17H2,1-2H3,(H,18,21,23). The van der Waals surface area contributed by atoms with Crippen molar-refractivity contribution < 1.29 is 9.32 Å². The minimum Gasteiger partial charge on any atom is -0.360 e. The van der Waals surface area contributed by atoms with Crippen LogP contribution in [0.15, 0.2) is 40.0 Å². The van der Waals surface area contributed by atoms with Crippen LogP contribution >= 0.6 is 23.4 Å². The fourth-order valence-corrected chi connectivity index (χ4v) is 2.91. The molecule has 3 aromatic rings. The summed E-state index contributed by atoms with van der Waals surface area (Å²) in [5, 5.41) is 15.1. The van der Waals surface area contributed by atoms with Crippen molar-refractivity contribution in [3.8, 4) is 11.4 Å². The molecule has 0 aliphatic carbocycles. The lowest BCUT2D eigenvalue weighted by molar-refractivity contribution is -0.115. The smallest absolute Gasteiger partial charge is 0.238 e. The molecule has 1 amide bonds. The Morgan fingerprint density at radius 3 is 2.72 bits per heavy atom. The van der Waals surface area contributed by atoms with Gasteiger partial charge in [0.25, 0.3) is 0 Å². The summed E-state index contributed by atoms with van der Waals surface area (Å²) in [5.74, 6) is 7.28. The van der Waals surface area contributed by atoms with Crippen LogP contribution in [0.25, 0.3) is 11.4 Å². The highest BCUT2D eigenvalue weighted by Crippen LogP contribution is 2.26. The number of nitrogens with one attached hydrogen (secondary N) is 1. The molecule has 1 unspecified atom stereocenters. The molecule has 0 radical (unpaired) electrons. The van der Waals surface area contributed by atoms with Crippen LogP contribution in [0.4, 0.5) is 5.82 Å². The summed E-state index contributed by atoms with van der Waals surface area (Å²) in [6, 6.07) is 8.72. The summed E-state index contributed by atoms with van der Waals surface area (Å²) in [7, 11) is 0. The minimum absolute atomic E-state index is 0.241. The predicted octanol–water partition coefficient (Wildman–Crippen LogP) is 2.73. The third-order valence-corrected chi connectivity index (χ3v) is 4.61. The molecule has 0 bridgehead atoms. The van der Waals surface area contributed by atoms with Gasteiger partial charge in [-0.15, -0.1) is 10.2 Å². The fraction of sp³-hybridized carbons (Fsp3) is 0.200. The average molecular weight is 379 g/mol. The van der Waals surface area contributed by atoms with Crippen molar-refractivity contribution in [2.24, 2.45) is 0 Å². The van der Waals surface area contributed by atoms with Gasteiger partial charge in [0, 0.05) is 16.7 Å². The number of nitrogen functional groups attached to an aromatic ring is 1. The van der Waals surface area contributed by atoms with Gasteiger partial charge in [-0.2, -0.15) is 0 Å². The van der Waals surface area contributed by atoms with E-state index < -0.39 is 5.25 Å². The normalized spacial score (nSPS) is 12.1. The highest BCUT2D eigenvalue weighted by molar-refractivity contribution is 8.00. The molecule has 25 heavy (non-hydrogen) atoms. The topological polar surface area (TPSA) is 112 Å². The molecule has 1 atom stereocenters. The quantitative estimate of drug-likeness (QED) is 0.518. The number of hydrogen-bond acceptors (Lipinski definition) is 7. The Hall–Kier alpha value is -2.52. The van der Waals surface area contributed by atoms with Gasteiger partial charge in [0.2, 0.25) is 11.1 Å². The molecule has 130 valence electrons. The molecule has 0 aliphatic rings. The van der Waals surface area contributed by atoms with E-state index in [-0.39, 0.29) is 5.91 Å². The molecular weight excluding hydrogens is 364 g/mol. The van der Waals surface area contributed by atoms with Crippen molar-refractivity contribution in [2.45, 2.75) is 24.3 Å². The van der Waals surface area contributed by atoms with Gasteiger partial charge in [-0.1, -0.05) is 28.5 Å². The first-order valence-corrected chi connectivity index (χ1v) is 8.57. The predicted molar refractivity (Wildman–Crippen MR) is 95.8 cm³/mol. The second kappa shape index (κ2) is 7.16. The van der Waals surface area contributed by atoms with Crippen LogP contribution in [-0.4, -0.2) is 31.2 Å². The molecular formula is C15H15ClN6O2S. The highest BCUT2D eigenvalue weighted by atomic mass is 35.5. The fourth-order valence-electron chi connectivity index (χ4n) is 2.02. The van der Waals surface area contributed by atoms with Crippen LogP contribution in [0.3, 0.4) is 0 Å². The average Bonchev–Trinajstić information content (AvgIpc) is 3.15. The van der Waals surface area contributed by atoms with Crippen molar-refractivity contribution in [1.29, 1.82) is 0 Å². The molecule has 2 aromatic heterocycles. The zero-order valence-corrected chi connectivity index (χ0v) is 15.0. The van der Waals surface area contributed by atoms with Crippen LogP contribution < -0.4 is 11.2 Å². The Morgan fingerprint density at radius 2 is 2.08 bits per heavy atom. The number of thioether (sulfide) groups is 1. The molecule has 2 heterocycles. The van der Waals surface area contributed by atoms with Crippen molar-refractivity contribution in [1.82, 2.24) is 20.0 Å². The van der Waals surface area contributed by atoms with E-state index in [1.165, 1.54) is 16.4 Å². The van der Waals surface area contributed by atoms with Gasteiger partial charge in [-0.25, -0.2) is 4.68 Å². The lowest BCUT2D eigenvalue weighted by Crippen LogP contribution is -2.23. The Labute approximate surface area is 152 Å². The number of nitrogens with two attached hydrogens (primary N) is 1. The molecule has 0 aliphatic heterocycles. The SMILES string of the molecule is Cc1cc(NC(=O)C(C)Sc2nnc(-c3ccc(Cl)cc3)n2N)no1. The van der Waals surface area contributed by atoms with Crippen molar-refractivity contribution in [3.05, 3.63) is 41.1 Å². The Balaban J connectivity index is 1.70. The van der Waals surface area contributed by atoms with Crippen molar-refractivity contribution in [2.75, 3.05) is 11.2 Å². The third kappa shape index (κ3) is 3.94. The number of aromatic nitrogens is 4. The summed E-state index contributed by atoms with van der Waals surface area (Å²) < 4.78 is 6.26. The van der Waals surface area contributed by atoms with E-state index in [0.29, 0.717) is 27.6 Å². The molecule has 0 saturated carbocycles. The number of carbonyl (C=O) groups excluding carboxylic acids is 1.